The maximum atomic E-state index is 13.3. The van der Waals surface area contributed by atoms with E-state index in [-0.39, 0.29) is 12.0 Å². The first-order valence-corrected chi connectivity index (χ1v) is 10.4. The minimum absolute atomic E-state index is 0.0565. The highest BCUT2D eigenvalue weighted by Gasteiger charge is 2.24. The molecule has 1 saturated heterocycles. The molecular formula is C25H27NO5. The third-order valence-electron chi connectivity index (χ3n) is 5.24. The summed E-state index contributed by atoms with van der Waals surface area (Å²) < 4.78 is 22.8. The van der Waals surface area contributed by atoms with Crippen molar-refractivity contribution in [3.05, 3.63) is 60.2 Å². The molecule has 0 unspecified atom stereocenters. The van der Waals surface area contributed by atoms with Crippen molar-refractivity contribution in [2.24, 2.45) is 0 Å². The van der Waals surface area contributed by atoms with Crippen molar-refractivity contribution in [2.45, 2.75) is 25.9 Å². The van der Waals surface area contributed by atoms with Gasteiger partial charge in [0.1, 0.15) is 29.4 Å². The van der Waals surface area contributed by atoms with E-state index >= 15 is 0 Å². The Balaban J connectivity index is 1.72. The van der Waals surface area contributed by atoms with Crippen LogP contribution in [-0.4, -0.2) is 38.9 Å². The molecule has 3 aromatic rings. The van der Waals surface area contributed by atoms with Gasteiger partial charge >= 0.3 is 0 Å². The molecule has 162 valence electrons. The Morgan fingerprint density at radius 1 is 1.19 bits per heavy atom. The van der Waals surface area contributed by atoms with Crippen molar-refractivity contribution in [1.82, 2.24) is 5.32 Å². The van der Waals surface area contributed by atoms with Gasteiger partial charge in [-0.1, -0.05) is 6.58 Å². The minimum atomic E-state index is -0.197. The van der Waals surface area contributed by atoms with Crippen molar-refractivity contribution >= 4 is 16.9 Å². The maximum Gasteiger partial charge on any atom is 0.255 e. The molecule has 0 bridgehead atoms. The summed E-state index contributed by atoms with van der Waals surface area (Å²) in [6.45, 7) is 7.40. The Morgan fingerprint density at radius 2 is 1.97 bits per heavy atom. The number of furan rings is 1. The highest BCUT2D eigenvalue weighted by atomic mass is 16.5. The number of carbonyl (C=O) groups is 1. The van der Waals surface area contributed by atoms with Gasteiger partial charge in [0, 0.05) is 24.1 Å². The molecule has 1 fully saturated rings. The molecule has 2 aromatic carbocycles. The number of benzene rings is 2. The summed E-state index contributed by atoms with van der Waals surface area (Å²) in [5.74, 6) is 1.71. The van der Waals surface area contributed by atoms with Crippen LogP contribution in [0.5, 0.6) is 11.5 Å². The Morgan fingerprint density at radius 3 is 2.65 bits per heavy atom. The molecule has 1 aliphatic heterocycles. The zero-order chi connectivity index (χ0) is 21.8. The molecule has 6 heteroatoms. The first kappa shape index (κ1) is 21.0. The van der Waals surface area contributed by atoms with E-state index in [0.717, 1.165) is 36.3 Å². The largest absolute Gasteiger partial charge is 0.497 e. The average Bonchev–Trinajstić information content (AvgIpc) is 3.43. The van der Waals surface area contributed by atoms with Crippen LogP contribution in [0.25, 0.3) is 22.3 Å². The number of ether oxygens (including phenoxy) is 3. The molecule has 4 rings (SSSR count). The van der Waals surface area contributed by atoms with Gasteiger partial charge in [-0.3, -0.25) is 4.79 Å². The Bertz CT molecular complexity index is 1080. The topological polar surface area (TPSA) is 69.9 Å². The predicted octanol–water partition coefficient (Wildman–Crippen LogP) is 4.97. The number of hydrogen-bond acceptors (Lipinski definition) is 5. The van der Waals surface area contributed by atoms with Crippen LogP contribution in [0.2, 0.25) is 0 Å². The normalized spacial score (nSPS) is 15.7. The van der Waals surface area contributed by atoms with Crippen LogP contribution >= 0.6 is 0 Å². The van der Waals surface area contributed by atoms with E-state index in [4.69, 9.17) is 18.6 Å². The molecule has 0 saturated carbocycles. The van der Waals surface area contributed by atoms with E-state index in [1.54, 1.807) is 7.11 Å². The lowest BCUT2D eigenvalue weighted by Gasteiger charge is -2.11. The highest BCUT2D eigenvalue weighted by molar-refractivity contribution is 6.11. The third kappa shape index (κ3) is 4.75. The number of hydrogen-bond donors (Lipinski definition) is 1. The zero-order valence-electron chi connectivity index (χ0n) is 17.9. The molecule has 31 heavy (non-hydrogen) atoms. The van der Waals surface area contributed by atoms with Crippen molar-refractivity contribution in [2.75, 3.05) is 26.9 Å². The third-order valence-corrected chi connectivity index (χ3v) is 5.24. The number of methoxy groups -OCH3 is 1. The first-order chi connectivity index (χ1) is 15.0. The van der Waals surface area contributed by atoms with Gasteiger partial charge in [0.05, 0.1) is 18.8 Å². The minimum Gasteiger partial charge on any atom is -0.497 e. The van der Waals surface area contributed by atoms with Gasteiger partial charge in [0.2, 0.25) is 0 Å². The molecule has 1 aliphatic rings. The number of fused-ring (bicyclic) bond motifs is 1. The van der Waals surface area contributed by atoms with Gasteiger partial charge in [-0.2, -0.15) is 0 Å². The molecule has 1 N–H and O–H groups in total. The lowest BCUT2D eigenvalue weighted by Crippen LogP contribution is -2.31. The number of nitrogens with one attached hydrogen (secondary N) is 1. The fourth-order valence-electron chi connectivity index (χ4n) is 3.64. The number of carbonyl (C=O) groups excluding carboxylic acids is 1. The highest BCUT2D eigenvalue weighted by Crippen LogP contribution is 2.36. The Hall–Kier alpha value is -3.25. The lowest BCUT2D eigenvalue weighted by atomic mass is 10.0. The van der Waals surface area contributed by atoms with Gasteiger partial charge in [-0.05, 0) is 67.8 Å². The van der Waals surface area contributed by atoms with E-state index in [9.17, 15) is 4.79 Å². The van der Waals surface area contributed by atoms with Crippen molar-refractivity contribution in [3.8, 4) is 22.8 Å². The van der Waals surface area contributed by atoms with Gasteiger partial charge < -0.3 is 23.9 Å². The second-order valence-electron chi connectivity index (χ2n) is 7.78. The molecule has 1 aromatic heterocycles. The van der Waals surface area contributed by atoms with E-state index in [1.807, 2.05) is 49.4 Å². The van der Waals surface area contributed by atoms with E-state index in [2.05, 4.69) is 11.9 Å². The van der Waals surface area contributed by atoms with Crippen molar-refractivity contribution < 1.29 is 23.4 Å². The van der Waals surface area contributed by atoms with Crippen LogP contribution in [0.1, 0.15) is 30.1 Å². The summed E-state index contributed by atoms with van der Waals surface area (Å²) in [6, 6.07) is 13.0. The van der Waals surface area contributed by atoms with E-state index in [1.165, 1.54) is 0 Å². The second kappa shape index (κ2) is 9.27. The summed E-state index contributed by atoms with van der Waals surface area (Å²) in [5.41, 5.74) is 2.82. The Kier molecular flexibility index (Phi) is 6.28. The molecule has 2 heterocycles. The maximum absolute atomic E-state index is 13.3. The smallest absolute Gasteiger partial charge is 0.255 e. The molecule has 0 radical (unpaired) electrons. The fraction of sp³-hybridized carbons (Fsp3) is 0.320. The first-order valence-electron chi connectivity index (χ1n) is 10.4. The summed E-state index contributed by atoms with van der Waals surface area (Å²) in [6.07, 6.45) is 2.04. The molecule has 6 nitrogen and oxygen atoms in total. The number of rotatable bonds is 8. The molecular weight excluding hydrogens is 394 g/mol. The molecule has 1 atom stereocenters. The van der Waals surface area contributed by atoms with Crippen LogP contribution in [0.3, 0.4) is 0 Å². The van der Waals surface area contributed by atoms with Gasteiger partial charge in [-0.15, -0.1) is 0 Å². The van der Waals surface area contributed by atoms with Crippen LogP contribution < -0.4 is 14.8 Å². The Labute approximate surface area is 181 Å². The van der Waals surface area contributed by atoms with E-state index < -0.39 is 0 Å². The summed E-state index contributed by atoms with van der Waals surface area (Å²) in [4.78, 5) is 13.3. The molecule has 0 spiro atoms. The van der Waals surface area contributed by atoms with E-state index in [0.29, 0.717) is 41.2 Å². The quantitative estimate of drug-likeness (QED) is 0.520. The summed E-state index contributed by atoms with van der Waals surface area (Å²) in [5, 5.41) is 3.72. The second-order valence-corrected chi connectivity index (χ2v) is 7.78. The fourth-order valence-corrected chi connectivity index (χ4v) is 3.64. The predicted molar refractivity (Wildman–Crippen MR) is 120 cm³/mol. The monoisotopic (exact) mass is 421 g/mol. The standard InChI is InChI=1S/C25H27NO5/c1-16(2)15-30-19-10-11-22-21(13-19)23(25(27)26-14-20-5-4-12-29-20)24(31-22)17-6-8-18(28-3)9-7-17/h6-11,13,20H,1,4-5,12,14-15H2,2-3H3,(H,26,27)/t20-/m0/s1. The van der Waals surface area contributed by atoms with Crippen molar-refractivity contribution in [1.29, 1.82) is 0 Å². The average molecular weight is 421 g/mol. The van der Waals surface area contributed by atoms with Crippen LogP contribution in [0, 0.1) is 0 Å². The number of amides is 1. The molecule has 1 amide bonds. The van der Waals surface area contributed by atoms with Gasteiger partial charge in [0.25, 0.3) is 5.91 Å². The van der Waals surface area contributed by atoms with Gasteiger partial charge in [0.15, 0.2) is 0 Å². The van der Waals surface area contributed by atoms with Crippen LogP contribution in [0.4, 0.5) is 0 Å². The van der Waals surface area contributed by atoms with Gasteiger partial charge in [-0.25, -0.2) is 0 Å². The lowest BCUT2D eigenvalue weighted by molar-refractivity contribution is 0.0859. The van der Waals surface area contributed by atoms with Crippen LogP contribution in [0.15, 0.2) is 59.0 Å². The zero-order valence-corrected chi connectivity index (χ0v) is 17.9. The SMILES string of the molecule is C=C(C)COc1ccc2oc(-c3ccc(OC)cc3)c(C(=O)NC[C@@H]3CCCO3)c2c1. The summed E-state index contributed by atoms with van der Waals surface area (Å²) >= 11 is 0. The van der Waals surface area contributed by atoms with Crippen LogP contribution in [-0.2, 0) is 4.74 Å². The summed E-state index contributed by atoms with van der Waals surface area (Å²) in [7, 11) is 1.62. The molecule has 0 aliphatic carbocycles. The van der Waals surface area contributed by atoms with Crippen molar-refractivity contribution in [3.63, 3.8) is 0 Å².